The quantitative estimate of drug-likeness (QED) is 0.653. The molecule has 20 heavy (non-hydrogen) atoms. The molecule has 1 aromatic carbocycles. The molecule has 1 aliphatic heterocycles. The van der Waals surface area contributed by atoms with Crippen LogP contribution < -0.4 is 11.1 Å². The third-order valence-corrected chi connectivity index (χ3v) is 3.41. The first-order chi connectivity index (χ1) is 9.60. The predicted octanol–water partition coefficient (Wildman–Crippen LogP) is 2.42. The lowest BCUT2D eigenvalue weighted by molar-refractivity contribution is 0.0232. The van der Waals surface area contributed by atoms with Crippen LogP contribution in [-0.4, -0.2) is 31.3 Å². The highest BCUT2D eigenvalue weighted by atomic mass is 16.5. The van der Waals surface area contributed by atoms with Gasteiger partial charge >= 0.3 is 5.97 Å². The Morgan fingerprint density at radius 1 is 1.55 bits per heavy atom. The second kappa shape index (κ2) is 6.61. The van der Waals surface area contributed by atoms with Crippen molar-refractivity contribution in [1.29, 1.82) is 0 Å². The first-order valence-corrected chi connectivity index (χ1v) is 7.05. The van der Waals surface area contributed by atoms with Crippen molar-refractivity contribution < 1.29 is 14.3 Å². The maximum absolute atomic E-state index is 11.7. The summed E-state index contributed by atoms with van der Waals surface area (Å²) in [5.41, 5.74) is 7.91. The van der Waals surface area contributed by atoms with Gasteiger partial charge in [0, 0.05) is 12.6 Å². The molecule has 2 atom stereocenters. The van der Waals surface area contributed by atoms with Gasteiger partial charge in [-0.3, -0.25) is 0 Å². The summed E-state index contributed by atoms with van der Waals surface area (Å²) in [5.74, 6) is -0.323. The fraction of sp³-hybridized carbons (Fsp3) is 0.533. The number of carbonyl (C=O) groups excluding carboxylic acids is 1. The summed E-state index contributed by atoms with van der Waals surface area (Å²) >= 11 is 0. The van der Waals surface area contributed by atoms with E-state index in [-0.39, 0.29) is 12.1 Å². The molecular weight excluding hydrogens is 256 g/mol. The van der Waals surface area contributed by atoms with E-state index in [4.69, 9.17) is 15.2 Å². The average Bonchev–Trinajstić information content (AvgIpc) is 2.41. The van der Waals surface area contributed by atoms with E-state index in [0.717, 1.165) is 25.1 Å². The Bertz CT molecular complexity index is 476. The van der Waals surface area contributed by atoms with Crippen molar-refractivity contribution in [2.24, 2.45) is 0 Å². The Morgan fingerprint density at radius 2 is 2.35 bits per heavy atom. The van der Waals surface area contributed by atoms with E-state index in [1.807, 2.05) is 0 Å². The Labute approximate surface area is 119 Å². The maximum atomic E-state index is 11.7. The second-order valence-electron chi connectivity index (χ2n) is 5.07. The molecule has 1 fully saturated rings. The topological polar surface area (TPSA) is 73.6 Å². The summed E-state index contributed by atoms with van der Waals surface area (Å²) in [6, 6.07) is 5.49. The van der Waals surface area contributed by atoms with Gasteiger partial charge in [-0.05, 0) is 44.9 Å². The first-order valence-electron chi connectivity index (χ1n) is 7.05. The van der Waals surface area contributed by atoms with Gasteiger partial charge in [-0.2, -0.15) is 0 Å². The number of rotatable bonds is 4. The Morgan fingerprint density at radius 3 is 3.05 bits per heavy atom. The van der Waals surface area contributed by atoms with Crippen LogP contribution >= 0.6 is 0 Å². The van der Waals surface area contributed by atoms with E-state index in [2.05, 4.69) is 12.2 Å². The summed E-state index contributed by atoms with van der Waals surface area (Å²) in [7, 11) is 0. The number of esters is 1. The van der Waals surface area contributed by atoms with Gasteiger partial charge in [0.1, 0.15) is 0 Å². The SMILES string of the molecule is CCOC(=O)c1ccc(N)c(NC2CCOC(C)C2)c1. The highest BCUT2D eigenvalue weighted by Crippen LogP contribution is 2.25. The molecule has 5 heteroatoms. The molecule has 1 aromatic rings. The van der Waals surface area contributed by atoms with Gasteiger partial charge in [0.25, 0.3) is 0 Å². The van der Waals surface area contributed by atoms with Crippen molar-refractivity contribution in [3.8, 4) is 0 Å². The minimum absolute atomic E-state index is 0.246. The summed E-state index contributed by atoms with van der Waals surface area (Å²) < 4.78 is 10.5. The molecule has 3 N–H and O–H groups in total. The van der Waals surface area contributed by atoms with Crippen LogP contribution in [0.25, 0.3) is 0 Å². The second-order valence-corrected chi connectivity index (χ2v) is 5.07. The van der Waals surface area contributed by atoms with Crippen molar-refractivity contribution >= 4 is 17.3 Å². The van der Waals surface area contributed by atoms with Crippen LogP contribution in [0.2, 0.25) is 0 Å². The monoisotopic (exact) mass is 278 g/mol. The average molecular weight is 278 g/mol. The van der Waals surface area contributed by atoms with Crippen molar-refractivity contribution in [1.82, 2.24) is 0 Å². The molecular formula is C15H22N2O3. The normalized spacial score (nSPS) is 22.3. The fourth-order valence-electron chi connectivity index (χ4n) is 2.37. The van der Waals surface area contributed by atoms with E-state index in [0.29, 0.717) is 23.9 Å². The van der Waals surface area contributed by atoms with E-state index >= 15 is 0 Å². The zero-order valence-corrected chi connectivity index (χ0v) is 12.0. The van der Waals surface area contributed by atoms with Crippen molar-refractivity contribution in [3.63, 3.8) is 0 Å². The largest absolute Gasteiger partial charge is 0.462 e. The lowest BCUT2D eigenvalue weighted by Crippen LogP contribution is -2.32. The van der Waals surface area contributed by atoms with Crippen LogP contribution in [0.15, 0.2) is 18.2 Å². The third-order valence-electron chi connectivity index (χ3n) is 3.41. The predicted molar refractivity (Wildman–Crippen MR) is 78.9 cm³/mol. The molecule has 0 saturated carbocycles. The smallest absolute Gasteiger partial charge is 0.338 e. The molecule has 1 aliphatic rings. The zero-order valence-electron chi connectivity index (χ0n) is 12.0. The Balaban J connectivity index is 2.10. The summed E-state index contributed by atoms with van der Waals surface area (Å²) in [6.45, 7) is 4.96. The van der Waals surface area contributed by atoms with Crippen LogP contribution in [0, 0.1) is 0 Å². The van der Waals surface area contributed by atoms with E-state index in [1.165, 1.54) is 0 Å². The molecule has 1 heterocycles. The van der Waals surface area contributed by atoms with Gasteiger partial charge in [0.15, 0.2) is 0 Å². The molecule has 0 aliphatic carbocycles. The molecule has 110 valence electrons. The van der Waals surface area contributed by atoms with Gasteiger partial charge in [0.05, 0.1) is 29.6 Å². The van der Waals surface area contributed by atoms with Crippen molar-refractivity contribution in [2.75, 3.05) is 24.3 Å². The number of anilines is 2. The molecule has 0 aromatic heterocycles. The standard InChI is InChI=1S/C15H22N2O3/c1-3-19-15(18)11-4-5-13(16)14(9-11)17-12-6-7-20-10(2)8-12/h4-5,9-10,12,17H,3,6-8,16H2,1-2H3. The lowest BCUT2D eigenvalue weighted by Gasteiger charge is -2.29. The highest BCUT2D eigenvalue weighted by Gasteiger charge is 2.20. The number of hydrogen-bond donors (Lipinski definition) is 2. The van der Waals surface area contributed by atoms with Crippen LogP contribution in [0.3, 0.4) is 0 Å². The van der Waals surface area contributed by atoms with Crippen LogP contribution in [0.4, 0.5) is 11.4 Å². The molecule has 1 saturated heterocycles. The van der Waals surface area contributed by atoms with Crippen LogP contribution in [0.1, 0.15) is 37.0 Å². The van der Waals surface area contributed by atoms with Gasteiger partial charge in [0.2, 0.25) is 0 Å². The van der Waals surface area contributed by atoms with E-state index in [1.54, 1.807) is 25.1 Å². The van der Waals surface area contributed by atoms with E-state index in [9.17, 15) is 4.79 Å². The number of carbonyl (C=O) groups is 1. The molecule has 0 radical (unpaired) electrons. The molecule has 0 bridgehead atoms. The van der Waals surface area contributed by atoms with Crippen LogP contribution in [-0.2, 0) is 9.47 Å². The van der Waals surface area contributed by atoms with Gasteiger partial charge in [-0.1, -0.05) is 0 Å². The van der Waals surface area contributed by atoms with Crippen molar-refractivity contribution in [2.45, 2.75) is 38.8 Å². The molecule has 0 amide bonds. The Kier molecular flexibility index (Phi) is 4.84. The number of nitrogens with two attached hydrogens (primary N) is 1. The Hall–Kier alpha value is -1.75. The number of hydrogen-bond acceptors (Lipinski definition) is 5. The minimum atomic E-state index is -0.323. The van der Waals surface area contributed by atoms with Gasteiger partial charge in [-0.25, -0.2) is 4.79 Å². The molecule has 2 unspecified atom stereocenters. The van der Waals surface area contributed by atoms with Gasteiger partial charge in [-0.15, -0.1) is 0 Å². The summed E-state index contributed by atoms with van der Waals surface area (Å²) in [6.07, 6.45) is 2.12. The third kappa shape index (κ3) is 3.63. The number of ether oxygens (including phenoxy) is 2. The minimum Gasteiger partial charge on any atom is -0.462 e. The first kappa shape index (κ1) is 14.7. The van der Waals surface area contributed by atoms with Gasteiger partial charge < -0.3 is 20.5 Å². The zero-order chi connectivity index (χ0) is 14.5. The molecule has 2 rings (SSSR count). The maximum Gasteiger partial charge on any atom is 0.338 e. The van der Waals surface area contributed by atoms with Crippen molar-refractivity contribution in [3.05, 3.63) is 23.8 Å². The fourth-order valence-corrected chi connectivity index (χ4v) is 2.37. The summed E-state index contributed by atoms with van der Waals surface area (Å²) in [4.78, 5) is 11.7. The highest BCUT2D eigenvalue weighted by molar-refractivity contribution is 5.92. The number of nitrogens with one attached hydrogen (secondary N) is 1. The summed E-state index contributed by atoms with van der Waals surface area (Å²) in [5, 5.41) is 3.40. The molecule has 0 spiro atoms. The lowest BCUT2D eigenvalue weighted by atomic mass is 10.0. The van der Waals surface area contributed by atoms with Crippen LogP contribution in [0.5, 0.6) is 0 Å². The van der Waals surface area contributed by atoms with E-state index < -0.39 is 0 Å². The number of nitrogen functional groups attached to an aromatic ring is 1. The number of benzene rings is 1. The molecule has 5 nitrogen and oxygen atoms in total.